The fourth-order valence-electron chi connectivity index (χ4n) is 2.00. The van der Waals surface area contributed by atoms with Gasteiger partial charge in [0.25, 0.3) is 5.91 Å². The minimum absolute atomic E-state index is 0.167. The zero-order valence-electron chi connectivity index (χ0n) is 13.9. The van der Waals surface area contributed by atoms with Crippen LogP contribution in [-0.4, -0.2) is 24.6 Å². The molecule has 25 heavy (non-hydrogen) atoms. The predicted molar refractivity (Wildman–Crippen MR) is 97.9 cm³/mol. The first kappa shape index (κ1) is 17.9. The Morgan fingerprint density at radius 2 is 1.88 bits per heavy atom. The summed E-state index contributed by atoms with van der Waals surface area (Å²) in [4.78, 5) is 23.0. The van der Waals surface area contributed by atoms with Crippen molar-refractivity contribution in [1.29, 1.82) is 0 Å². The van der Waals surface area contributed by atoms with Crippen molar-refractivity contribution in [2.45, 2.75) is 6.92 Å². The minimum atomic E-state index is -0.352. The molecule has 0 fully saturated rings. The summed E-state index contributed by atoms with van der Waals surface area (Å²) >= 11 is 0. The highest BCUT2D eigenvalue weighted by Crippen LogP contribution is 2.15. The van der Waals surface area contributed by atoms with Gasteiger partial charge in [-0.05, 0) is 36.4 Å². The van der Waals surface area contributed by atoms with Crippen LogP contribution < -0.4 is 15.5 Å². The summed E-state index contributed by atoms with van der Waals surface area (Å²) in [6.45, 7) is 5.42. The summed E-state index contributed by atoms with van der Waals surface area (Å²) in [6, 6.07) is 13.9. The molecule has 2 amide bonds. The van der Waals surface area contributed by atoms with Gasteiger partial charge in [0, 0.05) is 23.7 Å². The maximum atomic E-state index is 12.1. The number of carbonyl (C=O) groups excluding carboxylic acids is 2. The van der Waals surface area contributed by atoms with E-state index in [1.807, 2.05) is 24.3 Å². The molecule has 0 aliphatic rings. The molecule has 0 aliphatic heterocycles. The van der Waals surface area contributed by atoms with E-state index in [-0.39, 0.29) is 11.8 Å². The third-order valence-corrected chi connectivity index (χ3v) is 3.11. The number of carbonyl (C=O) groups is 2. The zero-order chi connectivity index (χ0) is 18.1. The number of hydrogen-bond donors (Lipinski definition) is 2. The molecule has 2 rings (SSSR count). The monoisotopic (exact) mass is 337 g/mol. The molecule has 2 aromatic rings. The summed E-state index contributed by atoms with van der Waals surface area (Å²) in [6.07, 6.45) is 3.17. The maximum Gasteiger partial charge on any atom is 0.271 e. The van der Waals surface area contributed by atoms with E-state index in [2.05, 4.69) is 22.4 Å². The molecular weight excluding hydrogens is 318 g/mol. The van der Waals surface area contributed by atoms with E-state index in [0.29, 0.717) is 23.6 Å². The Labute approximate surface area is 146 Å². The molecule has 6 nitrogen and oxygen atoms in total. The third kappa shape index (κ3) is 5.62. The minimum Gasteiger partial charge on any atom is -0.489 e. The van der Waals surface area contributed by atoms with Gasteiger partial charge in [0.2, 0.25) is 5.91 Å². The van der Waals surface area contributed by atoms with Crippen LogP contribution in [0.4, 0.5) is 5.69 Å². The SMILES string of the molecule is C=CCOc1ccccc1/C=N\NC(=O)c1ccc(NC(C)=O)cc1. The van der Waals surface area contributed by atoms with E-state index in [9.17, 15) is 9.59 Å². The van der Waals surface area contributed by atoms with Crippen LogP contribution in [0, 0.1) is 0 Å². The van der Waals surface area contributed by atoms with Crippen molar-refractivity contribution in [3.8, 4) is 5.75 Å². The van der Waals surface area contributed by atoms with Crippen molar-refractivity contribution in [2.75, 3.05) is 11.9 Å². The normalized spacial score (nSPS) is 10.3. The second-order valence-electron chi connectivity index (χ2n) is 5.10. The fourth-order valence-corrected chi connectivity index (χ4v) is 2.00. The number of nitrogens with zero attached hydrogens (tertiary/aromatic N) is 1. The van der Waals surface area contributed by atoms with Gasteiger partial charge in [0.05, 0.1) is 6.21 Å². The van der Waals surface area contributed by atoms with E-state index in [1.54, 1.807) is 30.3 Å². The van der Waals surface area contributed by atoms with Crippen LogP contribution in [0.3, 0.4) is 0 Å². The molecule has 0 atom stereocenters. The van der Waals surface area contributed by atoms with Crippen LogP contribution in [0.1, 0.15) is 22.8 Å². The lowest BCUT2D eigenvalue weighted by Crippen LogP contribution is -2.17. The van der Waals surface area contributed by atoms with Crippen molar-refractivity contribution in [1.82, 2.24) is 5.43 Å². The molecule has 0 saturated heterocycles. The second kappa shape index (κ2) is 9.02. The Bertz CT molecular complexity index is 783. The highest BCUT2D eigenvalue weighted by molar-refractivity contribution is 5.96. The summed E-state index contributed by atoms with van der Waals surface area (Å²) in [5.41, 5.74) is 4.26. The lowest BCUT2D eigenvalue weighted by molar-refractivity contribution is -0.114. The lowest BCUT2D eigenvalue weighted by atomic mass is 10.2. The van der Waals surface area contributed by atoms with Gasteiger partial charge in [-0.25, -0.2) is 5.43 Å². The van der Waals surface area contributed by atoms with Gasteiger partial charge in [0.1, 0.15) is 12.4 Å². The second-order valence-corrected chi connectivity index (χ2v) is 5.10. The molecule has 2 N–H and O–H groups in total. The Morgan fingerprint density at radius 1 is 1.16 bits per heavy atom. The Balaban J connectivity index is 1.98. The standard InChI is InChI=1S/C19H19N3O3/c1-3-12-25-18-7-5-4-6-16(18)13-20-22-19(24)15-8-10-17(11-9-15)21-14(2)23/h3-11,13H,1,12H2,2H3,(H,21,23)(H,22,24)/b20-13-. The van der Waals surface area contributed by atoms with Gasteiger partial charge in [-0.1, -0.05) is 24.8 Å². The smallest absolute Gasteiger partial charge is 0.271 e. The van der Waals surface area contributed by atoms with E-state index in [1.165, 1.54) is 13.1 Å². The molecule has 0 heterocycles. The Morgan fingerprint density at radius 3 is 2.56 bits per heavy atom. The third-order valence-electron chi connectivity index (χ3n) is 3.11. The zero-order valence-corrected chi connectivity index (χ0v) is 13.9. The van der Waals surface area contributed by atoms with Crippen LogP contribution in [0.5, 0.6) is 5.75 Å². The molecule has 2 aromatic carbocycles. The van der Waals surface area contributed by atoms with Crippen LogP contribution in [0.25, 0.3) is 0 Å². The van der Waals surface area contributed by atoms with Crippen molar-refractivity contribution < 1.29 is 14.3 Å². The maximum absolute atomic E-state index is 12.1. The highest BCUT2D eigenvalue weighted by atomic mass is 16.5. The molecule has 0 aromatic heterocycles. The summed E-state index contributed by atoms with van der Waals surface area (Å²) in [5.74, 6) is 0.134. The van der Waals surface area contributed by atoms with Gasteiger partial charge >= 0.3 is 0 Å². The largest absolute Gasteiger partial charge is 0.489 e. The average molecular weight is 337 g/mol. The molecular formula is C19H19N3O3. The molecule has 0 bridgehead atoms. The van der Waals surface area contributed by atoms with Crippen LogP contribution in [0.2, 0.25) is 0 Å². The number of para-hydroxylation sites is 1. The topological polar surface area (TPSA) is 79.8 Å². The average Bonchev–Trinajstić information content (AvgIpc) is 2.61. The Hall–Kier alpha value is -3.41. The molecule has 128 valence electrons. The van der Waals surface area contributed by atoms with Crippen molar-refractivity contribution in [3.63, 3.8) is 0 Å². The van der Waals surface area contributed by atoms with Crippen molar-refractivity contribution in [2.24, 2.45) is 5.10 Å². The molecule has 0 unspecified atom stereocenters. The van der Waals surface area contributed by atoms with Crippen LogP contribution in [0.15, 0.2) is 66.3 Å². The summed E-state index contributed by atoms with van der Waals surface area (Å²) in [7, 11) is 0. The van der Waals surface area contributed by atoms with Crippen LogP contribution >= 0.6 is 0 Å². The molecule has 6 heteroatoms. The number of benzene rings is 2. The van der Waals surface area contributed by atoms with Crippen molar-refractivity contribution in [3.05, 3.63) is 72.3 Å². The van der Waals surface area contributed by atoms with Gasteiger partial charge < -0.3 is 10.1 Å². The van der Waals surface area contributed by atoms with Gasteiger partial charge in [-0.3, -0.25) is 9.59 Å². The van der Waals surface area contributed by atoms with E-state index in [0.717, 1.165) is 5.56 Å². The number of ether oxygens (including phenoxy) is 1. The number of nitrogens with one attached hydrogen (secondary N) is 2. The number of hydrazone groups is 1. The van der Waals surface area contributed by atoms with E-state index < -0.39 is 0 Å². The number of amides is 2. The predicted octanol–water partition coefficient (Wildman–Crippen LogP) is 2.97. The first-order valence-electron chi connectivity index (χ1n) is 7.64. The highest BCUT2D eigenvalue weighted by Gasteiger charge is 2.05. The number of anilines is 1. The summed E-state index contributed by atoms with van der Waals surface area (Å²) in [5, 5.41) is 6.59. The molecule has 0 spiro atoms. The molecule has 0 aliphatic carbocycles. The molecule has 0 saturated carbocycles. The molecule has 0 radical (unpaired) electrons. The van der Waals surface area contributed by atoms with Crippen molar-refractivity contribution >= 4 is 23.7 Å². The summed E-state index contributed by atoms with van der Waals surface area (Å²) < 4.78 is 5.52. The number of rotatable bonds is 7. The van der Waals surface area contributed by atoms with E-state index >= 15 is 0 Å². The first-order chi connectivity index (χ1) is 12.1. The lowest BCUT2D eigenvalue weighted by Gasteiger charge is -2.06. The van der Waals surface area contributed by atoms with Gasteiger partial charge in [-0.2, -0.15) is 5.10 Å². The fraction of sp³-hybridized carbons (Fsp3) is 0.105. The van der Waals surface area contributed by atoms with E-state index in [4.69, 9.17) is 4.74 Å². The first-order valence-corrected chi connectivity index (χ1v) is 7.64. The number of hydrogen-bond acceptors (Lipinski definition) is 4. The van der Waals surface area contributed by atoms with Crippen LogP contribution in [-0.2, 0) is 4.79 Å². The Kier molecular flexibility index (Phi) is 6.47. The van der Waals surface area contributed by atoms with Gasteiger partial charge in [0.15, 0.2) is 0 Å². The quantitative estimate of drug-likeness (QED) is 0.463. The van der Waals surface area contributed by atoms with Gasteiger partial charge in [-0.15, -0.1) is 0 Å².